The van der Waals surface area contributed by atoms with Gasteiger partial charge >= 0.3 is 0 Å². The summed E-state index contributed by atoms with van der Waals surface area (Å²) in [6.07, 6.45) is 1.14. The van der Waals surface area contributed by atoms with Crippen molar-refractivity contribution in [2.75, 3.05) is 32.1 Å². The van der Waals surface area contributed by atoms with Crippen molar-refractivity contribution in [2.24, 2.45) is 5.92 Å². The Morgan fingerprint density at radius 3 is 2.76 bits per heavy atom. The van der Waals surface area contributed by atoms with Crippen LogP contribution in [0.3, 0.4) is 0 Å². The smallest absolute Gasteiger partial charge is 0.149 e. The van der Waals surface area contributed by atoms with Gasteiger partial charge in [-0.3, -0.25) is 0 Å². The molecule has 1 aliphatic rings. The fraction of sp³-hybridized carbons (Fsp3) is 0.273. The van der Waals surface area contributed by atoms with Gasteiger partial charge in [0.2, 0.25) is 0 Å². The summed E-state index contributed by atoms with van der Waals surface area (Å²) < 4.78 is 21.2. The van der Waals surface area contributed by atoms with E-state index in [4.69, 9.17) is 15.1 Å². The highest BCUT2D eigenvalue weighted by Gasteiger charge is 2.17. The van der Waals surface area contributed by atoms with Crippen LogP contribution in [-0.4, -0.2) is 36.5 Å². The molecule has 29 heavy (non-hydrogen) atoms. The zero-order chi connectivity index (χ0) is 20.2. The van der Waals surface area contributed by atoms with Crippen molar-refractivity contribution in [3.05, 3.63) is 59.9 Å². The lowest BCUT2D eigenvalue weighted by Crippen LogP contribution is -2.17. The van der Waals surface area contributed by atoms with Crippen molar-refractivity contribution in [3.63, 3.8) is 0 Å². The molecule has 1 unspecified atom stereocenters. The zero-order valence-electron chi connectivity index (χ0n) is 16.2. The van der Waals surface area contributed by atoms with Gasteiger partial charge < -0.3 is 15.4 Å². The minimum Gasteiger partial charge on any atom is -0.497 e. The summed E-state index contributed by atoms with van der Waals surface area (Å²) in [6.45, 7) is 2.87. The summed E-state index contributed by atoms with van der Waals surface area (Å²) in [6, 6.07) is 15.9. The summed E-state index contributed by atoms with van der Waals surface area (Å²) in [5.74, 6) is 1.50. The van der Waals surface area contributed by atoms with Gasteiger partial charge in [0.1, 0.15) is 23.5 Å². The van der Waals surface area contributed by atoms with Crippen LogP contribution in [0.2, 0.25) is 0 Å². The second-order valence-corrected chi connectivity index (χ2v) is 7.07. The number of nitriles is 1. The lowest BCUT2D eigenvalue weighted by molar-refractivity contribution is 0.414. The third-order valence-electron chi connectivity index (χ3n) is 5.15. The standard InChI is InChI=1S/C22H22FN5O/c1-29-19-6-4-18(5-7-19)28-21(16-2-3-17(12-24)20(23)10-16)11-22(27-28)26-14-15-8-9-25-13-15/h2-7,10-11,15,25H,8-9,13-14H2,1H3,(H,26,27). The second-order valence-electron chi connectivity index (χ2n) is 7.07. The molecule has 3 aromatic rings. The van der Waals surface area contributed by atoms with E-state index in [1.807, 2.05) is 36.4 Å². The van der Waals surface area contributed by atoms with E-state index in [1.54, 1.807) is 17.9 Å². The molecule has 0 aliphatic carbocycles. The maximum absolute atomic E-state index is 14.2. The van der Waals surface area contributed by atoms with E-state index in [-0.39, 0.29) is 5.56 Å². The summed E-state index contributed by atoms with van der Waals surface area (Å²) in [7, 11) is 1.62. The highest BCUT2D eigenvalue weighted by molar-refractivity contribution is 5.67. The summed E-state index contributed by atoms with van der Waals surface area (Å²) in [5, 5.41) is 20.5. The molecular weight excluding hydrogens is 369 g/mol. The molecule has 0 bridgehead atoms. The molecule has 1 aliphatic heterocycles. The molecule has 4 rings (SSSR count). The molecule has 1 atom stereocenters. The highest BCUT2D eigenvalue weighted by atomic mass is 19.1. The van der Waals surface area contributed by atoms with Gasteiger partial charge in [-0.2, -0.15) is 5.26 Å². The first-order valence-electron chi connectivity index (χ1n) is 9.57. The van der Waals surface area contributed by atoms with E-state index in [9.17, 15) is 4.39 Å². The summed E-state index contributed by atoms with van der Waals surface area (Å²) in [5.41, 5.74) is 2.25. The number of methoxy groups -OCH3 is 1. The SMILES string of the molecule is COc1ccc(-n2nc(NCC3CCNC3)cc2-c2ccc(C#N)c(F)c2)cc1. The van der Waals surface area contributed by atoms with Crippen molar-refractivity contribution in [3.8, 4) is 28.8 Å². The normalized spacial score (nSPS) is 15.8. The van der Waals surface area contributed by atoms with Crippen LogP contribution in [0.4, 0.5) is 10.2 Å². The third-order valence-corrected chi connectivity index (χ3v) is 5.15. The van der Waals surface area contributed by atoms with Crippen molar-refractivity contribution in [1.82, 2.24) is 15.1 Å². The van der Waals surface area contributed by atoms with Gasteiger partial charge in [0.15, 0.2) is 0 Å². The van der Waals surface area contributed by atoms with E-state index in [0.29, 0.717) is 11.5 Å². The average Bonchev–Trinajstić information content (AvgIpc) is 3.42. The number of ether oxygens (including phenoxy) is 1. The van der Waals surface area contributed by atoms with Crippen LogP contribution in [0.15, 0.2) is 48.5 Å². The number of hydrogen-bond acceptors (Lipinski definition) is 5. The van der Waals surface area contributed by atoms with Gasteiger partial charge in [-0.15, -0.1) is 5.10 Å². The molecule has 0 saturated carbocycles. The van der Waals surface area contributed by atoms with Gasteiger partial charge in [-0.05, 0) is 61.8 Å². The molecule has 0 amide bonds. The molecule has 2 N–H and O–H groups in total. The first kappa shape index (κ1) is 19.0. The van der Waals surface area contributed by atoms with E-state index in [0.717, 1.165) is 49.0 Å². The number of hydrogen-bond donors (Lipinski definition) is 2. The summed E-state index contributed by atoms with van der Waals surface area (Å²) >= 11 is 0. The van der Waals surface area contributed by atoms with Crippen molar-refractivity contribution >= 4 is 5.82 Å². The van der Waals surface area contributed by atoms with E-state index in [2.05, 4.69) is 10.6 Å². The lowest BCUT2D eigenvalue weighted by Gasteiger charge is -2.09. The number of anilines is 1. The van der Waals surface area contributed by atoms with Crippen LogP contribution in [-0.2, 0) is 0 Å². The van der Waals surface area contributed by atoms with Gasteiger partial charge in [-0.1, -0.05) is 6.07 Å². The fourth-order valence-corrected chi connectivity index (χ4v) is 3.50. The minimum absolute atomic E-state index is 0.0244. The molecular formula is C22H22FN5O. The van der Waals surface area contributed by atoms with E-state index >= 15 is 0 Å². The molecule has 1 aromatic heterocycles. The van der Waals surface area contributed by atoms with Crippen molar-refractivity contribution in [1.29, 1.82) is 5.26 Å². The van der Waals surface area contributed by atoms with Crippen LogP contribution >= 0.6 is 0 Å². The average molecular weight is 391 g/mol. The Morgan fingerprint density at radius 2 is 2.10 bits per heavy atom. The Balaban J connectivity index is 1.70. The molecule has 1 saturated heterocycles. The number of rotatable bonds is 6. The number of nitrogens with zero attached hydrogens (tertiary/aromatic N) is 3. The van der Waals surface area contributed by atoms with Crippen LogP contribution < -0.4 is 15.4 Å². The highest BCUT2D eigenvalue weighted by Crippen LogP contribution is 2.28. The van der Waals surface area contributed by atoms with Gasteiger partial charge in [-0.25, -0.2) is 9.07 Å². The fourth-order valence-electron chi connectivity index (χ4n) is 3.50. The third kappa shape index (κ3) is 4.08. The molecule has 2 heterocycles. The van der Waals surface area contributed by atoms with Crippen LogP contribution in [0.25, 0.3) is 16.9 Å². The van der Waals surface area contributed by atoms with Crippen LogP contribution in [0.5, 0.6) is 5.75 Å². The van der Waals surface area contributed by atoms with Gasteiger partial charge in [0, 0.05) is 18.2 Å². The molecule has 2 aromatic carbocycles. The predicted molar refractivity (Wildman–Crippen MR) is 110 cm³/mol. The van der Waals surface area contributed by atoms with Gasteiger partial charge in [0.05, 0.1) is 24.1 Å². The van der Waals surface area contributed by atoms with Gasteiger partial charge in [0.25, 0.3) is 0 Å². The largest absolute Gasteiger partial charge is 0.497 e. The predicted octanol–water partition coefficient (Wildman–Crippen LogP) is 3.58. The first-order valence-corrected chi connectivity index (χ1v) is 9.57. The summed E-state index contributed by atoms with van der Waals surface area (Å²) in [4.78, 5) is 0. The maximum atomic E-state index is 14.2. The van der Waals surface area contributed by atoms with Crippen LogP contribution in [0, 0.1) is 23.1 Å². The second kappa shape index (κ2) is 8.33. The number of benzene rings is 2. The van der Waals surface area contributed by atoms with E-state index < -0.39 is 5.82 Å². The Morgan fingerprint density at radius 1 is 1.28 bits per heavy atom. The topological polar surface area (TPSA) is 74.9 Å². The quantitative estimate of drug-likeness (QED) is 0.672. The molecule has 7 heteroatoms. The Kier molecular flexibility index (Phi) is 5.45. The molecule has 0 radical (unpaired) electrons. The van der Waals surface area contributed by atoms with Crippen molar-refractivity contribution in [2.45, 2.75) is 6.42 Å². The molecule has 6 nitrogen and oxygen atoms in total. The van der Waals surface area contributed by atoms with Crippen molar-refractivity contribution < 1.29 is 9.13 Å². The Bertz CT molecular complexity index is 1030. The van der Waals surface area contributed by atoms with E-state index in [1.165, 1.54) is 12.1 Å². The number of halogens is 1. The maximum Gasteiger partial charge on any atom is 0.149 e. The minimum atomic E-state index is -0.543. The monoisotopic (exact) mass is 391 g/mol. The lowest BCUT2D eigenvalue weighted by atomic mass is 10.1. The molecule has 148 valence electrons. The molecule has 1 fully saturated rings. The Hall–Kier alpha value is -3.37. The van der Waals surface area contributed by atoms with Crippen LogP contribution in [0.1, 0.15) is 12.0 Å². The number of nitrogens with one attached hydrogen (secondary N) is 2. The Labute approximate surface area is 168 Å². The number of aromatic nitrogens is 2. The zero-order valence-corrected chi connectivity index (χ0v) is 16.2. The first-order chi connectivity index (χ1) is 14.2. The molecule has 0 spiro atoms.